The number of carbonyl (C=O) groups excluding carboxylic acids is 1. The lowest BCUT2D eigenvalue weighted by Crippen LogP contribution is -2.42. The zero-order chi connectivity index (χ0) is 17.3. The van der Waals surface area contributed by atoms with Crippen molar-refractivity contribution in [3.63, 3.8) is 0 Å². The molecule has 0 aliphatic carbocycles. The van der Waals surface area contributed by atoms with Gasteiger partial charge in [-0.05, 0) is 26.0 Å². The molecule has 1 atom stereocenters. The summed E-state index contributed by atoms with van der Waals surface area (Å²) in [5.41, 5.74) is 2.26. The Morgan fingerprint density at radius 2 is 2.08 bits per heavy atom. The predicted octanol–water partition coefficient (Wildman–Crippen LogP) is 2.42. The van der Waals surface area contributed by atoms with Crippen LogP contribution in [-0.4, -0.2) is 45.7 Å². The lowest BCUT2D eigenvalue weighted by atomic mass is 10.1. The van der Waals surface area contributed by atoms with E-state index >= 15 is 0 Å². The van der Waals surface area contributed by atoms with E-state index in [1.54, 1.807) is 4.90 Å². The maximum absolute atomic E-state index is 12.8. The number of ether oxygens (including phenoxy) is 1. The van der Waals surface area contributed by atoms with E-state index in [9.17, 15) is 4.79 Å². The molecule has 3 rings (SSSR count). The number of aromatic nitrogens is 3. The van der Waals surface area contributed by atoms with Crippen LogP contribution >= 0.6 is 0 Å². The van der Waals surface area contributed by atoms with Gasteiger partial charge in [-0.25, -0.2) is 0 Å². The average molecular weight is 330 g/mol. The number of hydrogen-bond donors (Lipinski definition) is 0. The van der Waals surface area contributed by atoms with Crippen molar-refractivity contribution in [2.45, 2.75) is 39.7 Å². The predicted molar refractivity (Wildman–Crippen MR) is 86.7 cm³/mol. The van der Waals surface area contributed by atoms with E-state index in [-0.39, 0.29) is 17.9 Å². The summed E-state index contributed by atoms with van der Waals surface area (Å²) in [7, 11) is 0. The lowest BCUT2D eigenvalue weighted by Gasteiger charge is -2.31. The minimum atomic E-state index is -0.388. The van der Waals surface area contributed by atoms with Crippen molar-refractivity contribution in [3.8, 4) is 0 Å². The smallest absolute Gasteiger partial charge is 0.255 e. The van der Waals surface area contributed by atoms with Gasteiger partial charge in [-0.2, -0.15) is 0 Å². The van der Waals surface area contributed by atoms with E-state index in [2.05, 4.69) is 15.2 Å². The minimum absolute atomic E-state index is 0.0445. The normalized spacial score (nSPS) is 18.2. The molecular formula is C17H22N4O3. The first-order valence-electron chi connectivity index (χ1n) is 8.14. The van der Waals surface area contributed by atoms with Gasteiger partial charge in [-0.15, -0.1) is 10.2 Å². The van der Waals surface area contributed by atoms with Gasteiger partial charge in [0.1, 0.15) is 0 Å². The largest absolute Gasteiger partial charge is 0.422 e. The van der Waals surface area contributed by atoms with E-state index in [0.717, 1.165) is 11.4 Å². The summed E-state index contributed by atoms with van der Waals surface area (Å²) >= 11 is 0. The quantitative estimate of drug-likeness (QED) is 0.859. The molecular weight excluding hydrogens is 308 g/mol. The molecule has 0 radical (unpaired) electrons. The molecule has 1 amide bonds. The Bertz CT molecular complexity index is 741. The van der Waals surface area contributed by atoms with Gasteiger partial charge in [-0.1, -0.05) is 13.8 Å². The SMILES string of the molecule is Cc1ccc(C(=O)N2CCOC(c3nnc(C(C)C)o3)C2)c(C)n1. The Morgan fingerprint density at radius 3 is 2.75 bits per heavy atom. The Hall–Kier alpha value is -2.28. The van der Waals surface area contributed by atoms with Crippen LogP contribution in [0.25, 0.3) is 0 Å². The van der Waals surface area contributed by atoms with Crippen molar-refractivity contribution in [2.24, 2.45) is 0 Å². The Labute approximate surface area is 141 Å². The lowest BCUT2D eigenvalue weighted by molar-refractivity contribution is -0.0351. The van der Waals surface area contributed by atoms with Gasteiger partial charge >= 0.3 is 0 Å². The van der Waals surface area contributed by atoms with E-state index in [0.29, 0.717) is 37.0 Å². The van der Waals surface area contributed by atoms with Gasteiger partial charge in [0.2, 0.25) is 11.8 Å². The highest BCUT2D eigenvalue weighted by atomic mass is 16.5. The fourth-order valence-electron chi connectivity index (χ4n) is 2.68. The highest BCUT2D eigenvalue weighted by Gasteiger charge is 2.30. The van der Waals surface area contributed by atoms with Crippen molar-refractivity contribution >= 4 is 5.91 Å². The Kier molecular flexibility index (Phi) is 4.62. The number of aryl methyl sites for hydroxylation is 2. The topological polar surface area (TPSA) is 81.4 Å². The molecule has 7 nitrogen and oxygen atoms in total. The number of pyridine rings is 1. The average Bonchev–Trinajstić information content (AvgIpc) is 3.05. The number of morpholine rings is 1. The third-order valence-corrected chi connectivity index (χ3v) is 4.03. The van der Waals surface area contributed by atoms with Crippen LogP contribution in [0.2, 0.25) is 0 Å². The monoisotopic (exact) mass is 330 g/mol. The first-order valence-corrected chi connectivity index (χ1v) is 8.14. The third-order valence-electron chi connectivity index (χ3n) is 4.03. The molecule has 3 heterocycles. The fraction of sp³-hybridized carbons (Fsp3) is 0.529. The van der Waals surface area contributed by atoms with Crippen molar-refractivity contribution in [1.29, 1.82) is 0 Å². The van der Waals surface area contributed by atoms with Crippen LogP contribution in [0, 0.1) is 13.8 Å². The second kappa shape index (κ2) is 6.68. The zero-order valence-corrected chi connectivity index (χ0v) is 14.4. The van der Waals surface area contributed by atoms with Gasteiger partial charge in [0.15, 0.2) is 6.10 Å². The van der Waals surface area contributed by atoms with E-state index in [4.69, 9.17) is 9.15 Å². The summed E-state index contributed by atoms with van der Waals surface area (Å²) in [6.45, 7) is 9.11. The highest BCUT2D eigenvalue weighted by molar-refractivity contribution is 5.95. The van der Waals surface area contributed by atoms with Gasteiger partial charge in [0.05, 0.1) is 24.4 Å². The van der Waals surface area contributed by atoms with Crippen LogP contribution in [-0.2, 0) is 4.74 Å². The summed E-state index contributed by atoms with van der Waals surface area (Å²) in [6.07, 6.45) is -0.388. The molecule has 1 fully saturated rings. The highest BCUT2D eigenvalue weighted by Crippen LogP contribution is 2.24. The number of hydrogen-bond acceptors (Lipinski definition) is 6. The van der Waals surface area contributed by atoms with Crippen LogP contribution in [0.4, 0.5) is 0 Å². The second-order valence-corrected chi connectivity index (χ2v) is 6.33. The molecule has 0 saturated carbocycles. The maximum atomic E-state index is 12.8. The standard InChI is InChI=1S/C17H22N4O3/c1-10(2)15-19-20-16(24-15)14-9-21(7-8-23-14)17(22)13-6-5-11(3)18-12(13)4/h5-6,10,14H,7-9H2,1-4H3. The summed E-state index contributed by atoms with van der Waals surface area (Å²) in [5, 5.41) is 8.10. The maximum Gasteiger partial charge on any atom is 0.255 e. The molecule has 0 bridgehead atoms. The van der Waals surface area contributed by atoms with E-state index in [1.165, 1.54) is 0 Å². The van der Waals surface area contributed by atoms with Crippen molar-refractivity contribution in [1.82, 2.24) is 20.1 Å². The molecule has 1 aliphatic heterocycles. The molecule has 1 aliphatic rings. The summed E-state index contributed by atoms with van der Waals surface area (Å²) in [5.74, 6) is 1.12. The van der Waals surface area contributed by atoms with Crippen molar-refractivity contribution in [3.05, 3.63) is 40.9 Å². The van der Waals surface area contributed by atoms with E-state index in [1.807, 2.05) is 39.8 Å². The summed E-state index contributed by atoms with van der Waals surface area (Å²) in [4.78, 5) is 18.9. The second-order valence-electron chi connectivity index (χ2n) is 6.33. The molecule has 1 unspecified atom stereocenters. The molecule has 128 valence electrons. The van der Waals surface area contributed by atoms with Crippen LogP contribution in [0.3, 0.4) is 0 Å². The van der Waals surface area contributed by atoms with Gasteiger partial charge in [0.25, 0.3) is 5.91 Å². The van der Waals surface area contributed by atoms with Gasteiger partial charge in [0, 0.05) is 18.2 Å². The van der Waals surface area contributed by atoms with Gasteiger partial charge in [-0.3, -0.25) is 9.78 Å². The first-order chi connectivity index (χ1) is 11.5. The summed E-state index contributed by atoms with van der Waals surface area (Å²) in [6, 6.07) is 3.68. The molecule has 0 N–H and O–H groups in total. The van der Waals surface area contributed by atoms with Crippen molar-refractivity contribution < 1.29 is 13.9 Å². The molecule has 7 heteroatoms. The molecule has 2 aromatic rings. The van der Waals surface area contributed by atoms with Gasteiger partial charge < -0.3 is 14.1 Å². The minimum Gasteiger partial charge on any atom is -0.422 e. The Balaban J connectivity index is 1.76. The summed E-state index contributed by atoms with van der Waals surface area (Å²) < 4.78 is 11.4. The number of carbonyl (C=O) groups is 1. The van der Waals surface area contributed by atoms with E-state index < -0.39 is 0 Å². The van der Waals surface area contributed by atoms with Crippen molar-refractivity contribution in [2.75, 3.05) is 19.7 Å². The first kappa shape index (κ1) is 16.6. The van der Waals surface area contributed by atoms with Crippen LogP contribution < -0.4 is 0 Å². The van der Waals surface area contributed by atoms with Crippen LogP contribution in [0.15, 0.2) is 16.5 Å². The van der Waals surface area contributed by atoms with Crippen LogP contribution in [0.5, 0.6) is 0 Å². The molecule has 2 aromatic heterocycles. The number of rotatable bonds is 3. The Morgan fingerprint density at radius 1 is 1.29 bits per heavy atom. The number of nitrogens with zero attached hydrogens (tertiary/aromatic N) is 4. The molecule has 24 heavy (non-hydrogen) atoms. The molecule has 0 aromatic carbocycles. The fourth-order valence-corrected chi connectivity index (χ4v) is 2.68. The molecule has 0 spiro atoms. The molecule has 1 saturated heterocycles. The zero-order valence-electron chi connectivity index (χ0n) is 14.4. The number of amides is 1. The van der Waals surface area contributed by atoms with Crippen LogP contribution in [0.1, 0.15) is 59.4 Å². The third kappa shape index (κ3) is 3.31.